The van der Waals surface area contributed by atoms with Gasteiger partial charge in [-0.15, -0.1) is 0 Å². The standard InChI is InChI=1S/C17H18FNO2/c1-12-4-3-5-15(10-12)21-9-8-19-17(20)14-6-7-16(18)13(2)11-14/h3-7,10-11H,8-9H2,1-2H3,(H,19,20). The summed E-state index contributed by atoms with van der Waals surface area (Å²) in [5, 5.41) is 2.74. The van der Waals surface area contributed by atoms with Crippen LogP contribution in [0.4, 0.5) is 4.39 Å². The van der Waals surface area contributed by atoms with E-state index in [0.29, 0.717) is 24.3 Å². The van der Waals surface area contributed by atoms with Crippen LogP contribution in [0.1, 0.15) is 21.5 Å². The molecule has 4 heteroatoms. The van der Waals surface area contributed by atoms with Crippen LogP contribution in [0.3, 0.4) is 0 Å². The molecule has 0 aliphatic carbocycles. The molecule has 0 spiro atoms. The number of amides is 1. The van der Waals surface area contributed by atoms with Gasteiger partial charge in [0.15, 0.2) is 0 Å². The number of halogens is 1. The van der Waals surface area contributed by atoms with Gasteiger partial charge in [-0.1, -0.05) is 12.1 Å². The monoisotopic (exact) mass is 287 g/mol. The van der Waals surface area contributed by atoms with Crippen LogP contribution >= 0.6 is 0 Å². The van der Waals surface area contributed by atoms with Gasteiger partial charge in [0.1, 0.15) is 18.2 Å². The van der Waals surface area contributed by atoms with E-state index >= 15 is 0 Å². The van der Waals surface area contributed by atoms with Crippen molar-refractivity contribution >= 4 is 5.91 Å². The molecule has 3 nitrogen and oxygen atoms in total. The van der Waals surface area contributed by atoms with Crippen LogP contribution in [0, 0.1) is 19.7 Å². The number of nitrogens with one attached hydrogen (secondary N) is 1. The molecule has 0 aliphatic heterocycles. The molecule has 21 heavy (non-hydrogen) atoms. The minimum atomic E-state index is -0.311. The van der Waals surface area contributed by atoms with Crippen molar-refractivity contribution in [3.05, 3.63) is 65.0 Å². The fourth-order valence-electron chi connectivity index (χ4n) is 1.93. The van der Waals surface area contributed by atoms with Crippen LogP contribution in [0.5, 0.6) is 5.75 Å². The van der Waals surface area contributed by atoms with E-state index in [4.69, 9.17) is 4.74 Å². The highest BCUT2D eigenvalue weighted by Gasteiger charge is 2.07. The van der Waals surface area contributed by atoms with Crippen molar-refractivity contribution in [2.24, 2.45) is 0 Å². The summed E-state index contributed by atoms with van der Waals surface area (Å²) < 4.78 is 18.7. The zero-order valence-corrected chi connectivity index (χ0v) is 12.2. The van der Waals surface area contributed by atoms with E-state index in [1.807, 2.05) is 31.2 Å². The summed E-state index contributed by atoms with van der Waals surface area (Å²) in [5.41, 5.74) is 2.03. The Labute approximate surface area is 123 Å². The minimum Gasteiger partial charge on any atom is -0.492 e. The van der Waals surface area contributed by atoms with Crippen LogP contribution in [-0.2, 0) is 0 Å². The molecule has 2 rings (SSSR count). The summed E-state index contributed by atoms with van der Waals surface area (Å²) in [6.45, 7) is 4.40. The molecular weight excluding hydrogens is 269 g/mol. The van der Waals surface area contributed by atoms with Gasteiger partial charge in [0.25, 0.3) is 5.91 Å². The number of carbonyl (C=O) groups is 1. The predicted octanol–water partition coefficient (Wildman–Crippen LogP) is 3.25. The molecule has 0 aromatic heterocycles. The maximum Gasteiger partial charge on any atom is 0.251 e. The average Bonchev–Trinajstić information content (AvgIpc) is 2.46. The van der Waals surface area contributed by atoms with Crippen molar-refractivity contribution in [2.45, 2.75) is 13.8 Å². The van der Waals surface area contributed by atoms with Crippen molar-refractivity contribution in [1.82, 2.24) is 5.32 Å². The molecule has 0 heterocycles. The Bertz CT molecular complexity index is 640. The maximum atomic E-state index is 13.1. The molecule has 0 radical (unpaired) electrons. The van der Waals surface area contributed by atoms with E-state index in [2.05, 4.69) is 5.32 Å². The lowest BCUT2D eigenvalue weighted by atomic mass is 10.1. The van der Waals surface area contributed by atoms with Gasteiger partial charge in [-0.3, -0.25) is 4.79 Å². The average molecular weight is 287 g/mol. The van der Waals surface area contributed by atoms with Crippen LogP contribution in [0.15, 0.2) is 42.5 Å². The SMILES string of the molecule is Cc1cccc(OCCNC(=O)c2ccc(F)c(C)c2)c1. The maximum absolute atomic E-state index is 13.1. The fraction of sp³-hybridized carbons (Fsp3) is 0.235. The largest absolute Gasteiger partial charge is 0.492 e. The van der Waals surface area contributed by atoms with Gasteiger partial charge in [-0.05, 0) is 55.3 Å². The van der Waals surface area contributed by atoms with Gasteiger partial charge in [0, 0.05) is 5.56 Å². The lowest BCUT2D eigenvalue weighted by Gasteiger charge is -2.09. The topological polar surface area (TPSA) is 38.3 Å². The molecule has 0 atom stereocenters. The van der Waals surface area contributed by atoms with E-state index in [-0.39, 0.29) is 11.7 Å². The number of benzene rings is 2. The Morgan fingerprint density at radius 2 is 2.00 bits per heavy atom. The van der Waals surface area contributed by atoms with Crippen molar-refractivity contribution in [3.8, 4) is 5.75 Å². The van der Waals surface area contributed by atoms with Gasteiger partial charge in [-0.2, -0.15) is 0 Å². The number of ether oxygens (including phenoxy) is 1. The molecule has 2 aromatic rings. The molecule has 0 fully saturated rings. The Hall–Kier alpha value is -2.36. The summed E-state index contributed by atoms with van der Waals surface area (Å²) in [6, 6.07) is 12.0. The van der Waals surface area contributed by atoms with E-state index in [1.54, 1.807) is 6.92 Å². The van der Waals surface area contributed by atoms with E-state index < -0.39 is 0 Å². The highest BCUT2D eigenvalue weighted by atomic mass is 19.1. The van der Waals surface area contributed by atoms with Gasteiger partial charge in [-0.25, -0.2) is 4.39 Å². The molecule has 0 unspecified atom stereocenters. The van der Waals surface area contributed by atoms with Crippen molar-refractivity contribution in [2.75, 3.05) is 13.2 Å². The summed E-state index contributed by atoms with van der Waals surface area (Å²) in [7, 11) is 0. The second-order valence-corrected chi connectivity index (χ2v) is 4.88. The highest BCUT2D eigenvalue weighted by Crippen LogP contribution is 2.12. The first-order valence-electron chi connectivity index (χ1n) is 6.80. The Balaban J connectivity index is 1.80. The van der Waals surface area contributed by atoms with Crippen molar-refractivity contribution in [3.63, 3.8) is 0 Å². The van der Waals surface area contributed by atoms with Crippen LogP contribution < -0.4 is 10.1 Å². The van der Waals surface area contributed by atoms with Crippen LogP contribution in [0.2, 0.25) is 0 Å². The second-order valence-electron chi connectivity index (χ2n) is 4.88. The summed E-state index contributed by atoms with van der Waals surface area (Å²) in [6.07, 6.45) is 0. The summed E-state index contributed by atoms with van der Waals surface area (Å²) >= 11 is 0. The Morgan fingerprint density at radius 1 is 1.19 bits per heavy atom. The zero-order valence-electron chi connectivity index (χ0n) is 12.2. The van der Waals surface area contributed by atoms with E-state index in [9.17, 15) is 9.18 Å². The third-order valence-electron chi connectivity index (χ3n) is 3.07. The molecule has 0 saturated carbocycles. The molecule has 0 saturated heterocycles. The second kappa shape index (κ2) is 6.88. The third kappa shape index (κ3) is 4.31. The van der Waals surface area contributed by atoms with Gasteiger partial charge >= 0.3 is 0 Å². The lowest BCUT2D eigenvalue weighted by molar-refractivity contribution is 0.0947. The highest BCUT2D eigenvalue weighted by molar-refractivity contribution is 5.94. The first-order chi connectivity index (χ1) is 10.1. The van der Waals surface area contributed by atoms with Crippen molar-refractivity contribution in [1.29, 1.82) is 0 Å². The lowest BCUT2D eigenvalue weighted by Crippen LogP contribution is -2.28. The number of hydrogen-bond donors (Lipinski definition) is 1. The molecule has 1 N–H and O–H groups in total. The molecular formula is C17H18FNO2. The van der Waals surface area contributed by atoms with Gasteiger partial charge in [0.05, 0.1) is 6.54 Å². The predicted molar refractivity (Wildman–Crippen MR) is 80.1 cm³/mol. The zero-order chi connectivity index (χ0) is 15.2. The molecule has 2 aromatic carbocycles. The van der Waals surface area contributed by atoms with Crippen molar-refractivity contribution < 1.29 is 13.9 Å². The number of aryl methyl sites for hydroxylation is 2. The smallest absolute Gasteiger partial charge is 0.251 e. The summed E-state index contributed by atoms with van der Waals surface area (Å²) in [5.74, 6) is 0.238. The summed E-state index contributed by atoms with van der Waals surface area (Å²) in [4.78, 5) is 11.9. The van der Waals surface area contributed by atoms with Gasteiger partial charge < -0.3 is 10.1 Å². The molecule has 110 valence electrons. The molecule has 1 amide bonds. The minimum absolute atomic E-state index is 0.231. The first-order valence-corrected chi connectivity index (χ1v) is 6.80. The number of hydrogen-bond acceptors (Lipinski definition) is 2. The number of rotatable bonds is 5. The third-order valence-corrected chi connectivity index (χ3v) is 3.07. The Morgan fingerprint density at radius 3 is 2.71 bits per heavy atom. The molecule has 0 aliphatic rings. The Kier molecular flexibility index (Phi) is 4.93. The first kappa shape index (κ1) is 15.0. The fourth-order valence-corrected chi connectivity index (χ4v) is 1.93. The quantitative estimate of drug-likeness (QED) is 0.857. The normalized spacial score (nSPS) is 10.2. The molecule has 0 bridgehead atoms. The van der Waals surface area contributed by atoms with E-state index in [1.165, 1.54) is 18.2 Å². The van der Waals surface area contributed by atoms with Gasteiger partial charge in [0.2, 0.25) is 0 Å². The number of carbonyl (C=O) groups excluding carboxylic acids is 1. The van der Waals surface area contributed by atoms with Crippen LogP contribution in [-0.4, -0.2) is 19.1 Å². The van der Waals surface area contributed by atoms with Crippen LogP contribution in [0.25, 0.3) is 0 Å². The van der Waals surface area contributed by atoms with E-state index in [0.717, 1.165) is 11.3 Å².